The molecule has 1 N–H and O–H groups in total. The fourth-order valence-electron chi connectivity index (χ4n) is 2.95. The van der Waals surface area contributed by atoms with Gasteiger partial charge in [-0.05, 0) is 56.1 Å². The number of carbonyl (C=O) groups excluding carboxylic acids is 1. The molecular formula is C23H26N2O4. The number of hydrogen-bond donors (Lipinski definition) is 1. The number of nitrogens with one attached hydrogen (secondary N) is 1. The lowest BCUT2D eigenvalue weighted by Gasteiger charge is -2.25. The van der Waals surface area contributed by atoms with Crippen molar-refractivity contribution in [2.24, 2.45) is 0 Å². The molecule has 3 aromatic rings. The molecule has 0 fully saturated rings. The predicted octanol–water partition coefficient (Wildman–Crippen LogP) is 3.90. The van der Waals surface area contributed by atoms with E-state index in [1.165, 1.54) is 0 Å². The Kier molecular flexibility index (Phi) is 6.92. The monoisotopic (exact) mass is 394 g/mol. The predicted molar refractivity (Wildman–Crippen MR) is 111 cm³/mol. The molecule has 29 heavy (non-hydrogen) atoms. The van der Waals surface area contributed by atoms with Gasteiger partial charge in [0.2, 0.25) is 0 Å². The summed E-state index contributed by atoms with van der Waals surface area (Å²) in [5.41, 5.74) is 1.09. The minimum Gasteiger partial charge on any atom is -0.497 e. The molecule has 0 aliphatic carbocycles. The lowest BCUT2D eigenvalue weighted by atomic mass is 10.1. The van der Waals surface area contributed by atoms with Crippen LogP contribution in [0.25, 0.3) is 0 Å². The summed E-state index contributed by atoms with van der Waals surface area (Å²) in [5.74, 6) is 2.16. The highest BCUT2D eigenvalue weighted by Crippen LogP contribution is 2.21. The Morgan fingerprint density at radius 1 is 1.00 bits per heavy atom. The van der Waals surface area contributed by atoms with E-state index in [0.717, 1.165) is 17.1 Å². The van der Waals surface area contributed by atoms with Crippen LogP contribution in [0.2, 0.25) is 0 Å². The molecular weight excluding hydrogens is 368 g/mol. The highest BCUT2D eigenvalue weighted by molar-refractivity contribution is 5.91. The average Bonchev–Trinajstić information content (AvgIpc) is 3.22. The number of likely N-dealkylation sites (N-methyl/N-ethyl adjacent to an activating group) is 1. The Labute approximate surface area is 171 Å². The number of hydrogen-bond acceptors (Lipinski definition) is 5. The van der Waals surface area contributed by atoms with Crippen molar-refractivity contribution in [3.05, 3.63) is 83.8 Å². The lowest BCUT2D eigenvalue weighted by Crippen LogP contribution is -2.34. The zero-order valence-electron chi connectivity index (χ0n) is 16.9. The minimum absolute atomic E-state index is 0.0284. The Hall–Kier alpha value is -3.25. The first kappa shape index (κ1) is 20.5. The van der Waals surface area contributed by atoms with Crippen LogP contribution in [-0.2, 0) is 6.61 Å². The van der Waals surface area contributed by atoms with E-state index < -0.39 is 0 Å². The average molecular weight is 394 g/mol. The van der Waals surface area contributed by atoms with Crippen LogP contribution in [0.1, 0.15) is 27.9 Å². The number of methoxy groups -OCH3 is 1. The van der Waals surface area contributed by atoms with Gasteiger partial charge in [-0.2, -0.15) is 0 Å². The van der Waals surface area contributed by atoms with Gasteiger partial charge in [-0.15, -0.1) is 0 Å². The van der Waals surface area contributed by atoms with Crippen LogP contribution in [-0.4, -0.2) is 38.6 Å². The molecule has 0 aliphatic heterocycles. The van der Waals surface area contributed by atoms with E-state index in [-0.39, 0.29) is 24.3 Å². The van der Waals surface area contributed by atoms with Crippen molar-refractivity contribution in [3.63, 3.8) is 0 Å². The van der Waals surface area contributed by atoms with Crippen LogP contribution in [0.4, 0.5) is 0 Å². The van der Waals surface area contributed by atoms with Gasteiger partial charge in [-0.25, -0.2) is 0 Å². The first-order chi connectivity index (χ1) is 14.1. The highest BCUT2D eigenvalue weighted by atomic mass is 16.5. The molecule has 2 aromatic carbocycles. The van der Waals surface area contributed by atoms with E-state index in [0.29, 0.717) is 12.3 Å². The molecule has 1 amide bonds. The topological polar surface area (TPSA) is 63.9 Å². The Morgan fingerprint density at radius 2 is 1.72 bits per heavy atom. The van der Waals surface area contributed by atoms with Gasteiger partial charge in [-0.3, -0.25) is 4.79 Å². The summed E-state index contributed by atoms with van der Waals surface area (Å²) in [7, 11) is 5.60. The van der Waals surface area contributed by atoms with E-state index in [2.05, 4.69) is 10.2 Å². The van der Waals surface area contributed by atoms with Gasteiger partial charge in [-0.1, -0.05) is 30.3 Å². The molecule has 6 heteroatoms. The third-order valence-electron chi connectivity index (χ3n) is 4.59. The van der Waals surface area contributed by atoms with Gasteiger partial charge in [0.05, 0.1) is 13.2 Å². The SMILES string of the molecule is COc1ccc([C@@H](CNC(=O)c2ccc(COc3ccccc3)o2)N(C)C)cc1. The van der Waals surface area contributed by atoms with Crippen LogP contribution in [0.5, 0.6) is 11.5 Å². The number of nitrogens with zero attached hydrogens (tertiary/aromatic N) is 1. The zero-order chi connectivity index (χ0) is 20.6. The second kappa shape index (κ2) is 9.80. The smallest absolute Gasteiger partial charge is 0.287 e. The standard InChI is InChI=1S/C23H26N2O4/c1-25(2)21(17-9-11-18(27-3)12-10-17)15-24-23(26)22-14-13-20(29-22)16-28-19-7-5-4-6-8-19/h4-14,21H,15-16H2,1-3H3,(H,24,26)/t21-/m1/s1. The molecule has 6 nitrogen and oxygen atoms in total. The van der Waals surface area contributed by atoms with E-state index >= 15 is 0 Å². The minimum atomic E-state index is -0.253. The lowest BCUT2D eigenvalue weighted by molar-refractivity contribution is 0.0910. The maximum atomic E-state index is 12.5. The first-order valence-corrected chi connectivity index (χ1v) is 9.42. The largest absolute Gasteiger partial charge is 0.497 e. The van der Waals surface area contributed by atoms with Crippen LogP contribution >= 0.6 is 0 Å². The Bertz CT molecular complexity index is 904. The van der Waals surface area contributed by atoms with Crippen molar-refractivity contribution in [2.75, 3.05) is 27.7 Å². The van der Waals surface area contributed by atoms with Gasteiger partial charge >= 0.3 is 0 Å². The second-order valence-electron chi connectivity index (χ2n) is 6.83. The van der Waals surface area contributed by atoms with E-state index in [1.54, 1.807) is 19.2 Å². The Morgan fingerprint density at radius 3 is 2.38 bits per heavy atom. The van der Waals surface area contributed by atoms with Gasteiger partial charge in [0.15, 0.2) is 5.76 Å². The first-order valence-electron chi connectivity index (χ1n) is 9.42. The molecule has 0 saturated heterocycles. The summed E-state index contributed by atoms with van der Waals surface area (Å²) in [6, 6.07) is 20.8. The molecule has 0 saturated carbocycles. The molecule has 0 bridgehead atoms. The summed E-state index contributed by atoms with van der Waals surface area (Å²) >= 11 is 0. The number of benzene rings is 2. The number of carbonyl (C=O) groups is 1. The molecule has 1 heterocycles. The molecule has 1 atom stereocenters. The van der Waals surface area contributed by atoms with Crippen LogP contribution in [0.3, 0.4) is 0 Å². The summed E-state index contributed by atoms with van der Waals surface area (Å²) in [6.45, 7) is 0.720. The van der Waals surface area contributed by atoms with E-state index in [1.807, 2.05) is 68.7 Å². The maximum Gasteiger partial charge on any atom is 0.287 e. The summed E-state index contributed by atoms with van der Waals surface area (Å²) in [5, 5.41) is 2.95. The quantitative estimate of drug-likeness (QED) is 0.596. The molecule has 0 unspecified atom stereocenters. The van der Waals surface area contributed by atoms with Gasteiger partial charge in [0.25, 0.3) is 5.91 Å². The van der Waals surface area contributed by atoms with Crippen molar-refractivity contribution in [3.8, 4) is 11.5 Å². The summed E-state index contributed by atoms with van der Waals surface area (Å²) in [6.07, 6.45) is 0. The summed E-state index contributed by atoms with van der Waals surface area (Å²) < 4.78 is 16.5. The number of amides is 1. The van der Waals surface area contributed by atoms with Crippen LogP contribution in [0.15, 0.2) is 71.1 Å². The normalized spacial score (nSPS) is 11.9. The fraction of sp³-hybridized carbons (Fsp3) is 0.261. The number of para-hydroxylation sites is 1. The molecule has 0 radical (unpaired) electrons. The van der Waals surface area contributed by atoms with Gasteiger partial charge in [0, 0.05) is 6.54 Å². The van der Waals surface area contributed by atoms with E-state index in [9.17, 15) is 4.79 Å². The van der Waals surface area contributed by atoms with Crippen molar-refractivity contribution < 1.29 is 18.7 Å². The van der Waals surface area contributed by atoms with Gasteiger partial charge < -0.3 is 24.1 Å². The second-order valence-corrected chi connectivity index (χ2v) is 6.83. The number of rotatable bonds is 9. The number of ether oxygens (including phenoxy) is 2. The van der Waals surface area contributed by atoms with Crippen LogP contribution < -0.4 is 14.8 Å². The fourth-order valence-corrected chi connectivity index (χ4v) is 2.95. The highest BCUT2D eigenvalue weighted by Gasteiger charge is 2.18. The van der Waals surface area contributed by atoms with E-state index in [4.69, 9.17) is 13.9 Å². The van der Waals surface area contributed by atoms with Crippen molar-refractivity contribution in [1.29, 1.82) is 0 Å². The van der Waals surface area contributed by atoms with Crippen molar-refractivity contribution in [1.82, 2.24) is 10.2 Å². The molecule has 0 aliphatic rings. The summed E-state index contributed by atoms with van der Waals surface area (Å²) in [4.78, 5) is 14.6. The molecule has 3 rings (SSSR count). The van der Waals surface area contributed by atoms with Crippen molar-refractivity contribution in [2.45, 2.75) is 12.6 Å². The molecule has 1 aromatic heterocycles. The van der Waals surface area contributed by atoms with Gasteiger partial charge in [0.1, 0.15) is 23.9 Å². The Balaban J connectivity index is 1.56. The van der Waals surface area contributed by atoms with Crippen LogP contribution in [0, 0.1) is 0 Å². The third kappa shape index (κ3) is 5.62. The number of furan rings is 1. The zero-order valence-corrected chi connectivity index (χ0v) is 16.9. The molecule has 0 spiro atoms. The maximum absolute atomic E-state index is 12.5. The third-order valence-corrected chi connectivity index (χ3v) is 4.59. The molecule has 152 valence electrons. The van der Waals surface area contributed by atoms with Crippen molar-refractivity contribution >= 4 is 5.91 Å².